The second-order valence-electron chi connectivity index (χ2n) is 7.15. The van der Waals surface area contributed by atoms with Crippen LogP contribution in [-0.4, -0.2) is 20.6 Å². The Labute approximate surface area is 199 Å². The van der Waals surface area contributed by atoms with Gasteiger partial charge in [0, 0.05) is 40.2 Å². The molecule has 1 aromatic heterocycles. The summed E-state index contributed by atoms with van der Waals surface area (Å²) in [4.78, 5) is 23.2. The van der Waals surface area contributed by atoms with Crippen LogP contribution in [-0.2, 0) is 4.79 Å². The highest BCUT2D eigenvalue weighted by atomic mass is 35.5. The Kier molecular flexibility index (Phi) is 6.48. The molecule has 0 aliphatic rings. The molecule has 0 unspecified atom stereocenters. The Morgan fingerprint density at radius 1 is 1.09 bits per heavy atom. The van der Waals surface area contributed by atoms with E-state index in [1.165, 1.54) is 30.3 Å². The van der Waals surface area contributed by atoms with Crippen molar-refractivity contribution in [1.29, 1.82) is 5.26 Å². The highest BCUT2D eigenvalue weighted by molar-refractivity contribution is 6.30. The summed E-state index contributed by atoms with van der Waals surface area (Å²) in [6.45, 7) is 0. The zero-order valence-corrected chi connectivity index (χ0v) is 18.3. The predicted molar refractivity (Wildman–Crippen MR) is 129 cm³/mol. The third-order valence-corrected chi connectivity index (χ3v) is 5.11. The number of hydrogen-bond donors (Lipinski definition) is 1. The van der Waals surface area contributed by atoms with Gasteiger partial charge in [0.25, 0.3) is 11.6 Å². The van der Waals surface area contributed by atoms with Gasteiger partial charge in [0.2, 0.25) is 0 Å². The van der Waals surface area contributed by atoms with E-state index in [2.05, 4.69) is 10.4 Å². The molecule has 8 nitrogen and oxygen atoms in total. The molecule has 1 heterocycles. The van der Waals surface area contributed by atoms with Crippen LogP contribution in [0.3, 0.4) is 0 Å². The first-order valence-electron chi connectivity index (χ1n) is 10.0. The zero-order valence-electron chi connectivity index (χ0n) is 17.6. The van der Waals surface area contributed by atoms with Gasteiger partial charge in [0.05, 0.1) is 16.3 Å². The number of benzene rings is 3. The third kappa shape index (κ3) is 5.01. The number of aromatic nitrogens is 2. The fraction of sp³-hybridized carbons (Fsp3) is 0. The molecular formula is C25H16ClN5O3. The molecule has 9 heteroatoms. The maximum atomic E-state index is 12.8. The summed E-state index contributed by atoms with van der Waals surface area (Å²) in [5.41, 5.74) is 2.49. The molecule has 4 aromatic rings. The quantitative estimate of drug-likeness (QED) is 0.170. The van der Waals surface area contributed by atoms with E-state index in [9.17, 15) is 20.2 Å². The summed E-state index contributed by atoms with van der Waals surface area (Å²) in [5, 5.41) is 28.4. The van der Waals surface area contributed by atoms with Gasteiger partial charge in [-0.2, -0.15) is 10.4 Å². The number of nitro benzene ring substituents is 1. The van der Waals surface area contributed by atoms with Crippen LogP contribution in [0.4, 0.5) is 11.4 Å². The summed E-state index contributed by atoms with van der Waals surface area (Å²) in [6, 6.07) is 23.9. The lowest BCUT2D eigenvalue weighted by Crippen LogP contribution is -2.13. The zero-order chi connectivity index (χ0) is 24.1. The summed E-state index contributed by atoms with van der Waals surface area (Å²) < 4.78 is 1.66. The van der Waals surface area contributed by atoms with Crippen molar-refractivity contribution < 1.29 is 9.72 Å². The number of hydrogen-bond acceptors (Lipinski definition) is 5. The smallest absolute Gasteiger partial charge is 0.271 e. The number of non-ortho nitro benzene ring substituents is 1. The van der Waals surface area contributed by atoms with Crippen LogP contribution in [0, 0.1) is 21.4 Å². The Morgan fingerprint density at radius 3 is 2.50 bits per heavy atom. The van der Waals surface area contributed by atoms with Crippen molar-refractivity contribution in [3.8, 4) is 23.0 Å². The SMILES string of the molecule is N#C/C(=C\c1cn(-c2ccccc2)nc1-c1ccc(Cl)cc1)C(=O)Nc1cccc([N+](=O)[O-])c1. The summed E-state index contributed by atoms with van der Waals surface area (Å²) >= 11 is 6.02. The van der Waals surface area contributed by atoms with E-state index < -0.39 is 10.8 Å². The average molecular weight is 470 g/mol. The summed E-state index contributed by atoms with van der Waals surface area (Å²) in [7, 11) is 0. The monoisotopic (exact) mass is 469 g/mol. The Hall–Kier alpha value is -4.74. The number of nitro groups is 1. The largest absolute Gasteiger partial charge is 0.321 e. The van der Waals surface area contributed by atoms with Gasteiger partial charge >= 0.3 is 0 Å². The first-order valence-corrected chi connectivity index (χ1v) is 10.4. The topological polar surface area (TPSA) is 114 Å². The second kappa shape index (κ2) is 9.81. The van der Waals surface area contributed by atoms with Crippen molar-refractivity contribution in [2.45, 2.75) is 0 Å². The molecule has 0 spiro atoms. The minimum Gasteiger partial charge on any atom is -0.321 e. The van der Waals surface area contributed by atoms with Gasteiger partial charge in [-0.3, -0.25) is 14.9 Å². The molecule has 0 saturated heterocycles. The average Bonchev–Trinajstić information content (AvgIpc) is 3.27. The highest BCUT2D eigenvalue weighted by Crippen LogP contribution is 2.27. The van der Waals surface area contributed by atoms with Gasteiger partial charge in [-0.15, -0.1) is 0 Å². The Balaban J connectivity index is 1.73. The normalized spacial score (nSPS) is 11.0. The van der Waals surface area contributed by atoms with Crippen LogP contribution < -0.4 is 5.32 Å². The maximum Gasteiger partial charge on any atom is 0.271 e. The van der Waals surface area contributed by atoms with Gasteiger partial charge < -0.3 is 5.32 Å². The molecule has 1 N–H and O–H groups in total. The molecule has 0 aliphatic carbocycles. The predicted octanol–water partition coefficient (Wildman–Crippen LogP) is 5.65. The number of nitrogens with zero attached hydrogens (tertiary/aromatic N) is 4. The molecule has 0 saturated carbocycles. The number of halogens is 1. The lowest BCUT2D eigenvalue weighted by atomic mass is 10.1. The minimum atomic E-state index is -0.697. The van der Waals surface area contributed by atoms with Gasteiger partial charge in [0.1, 0.15) is 11.6 Å². The van der Waals surface area contributed by atoms with E-state index in [0.717, 1.165) is 11.3 Å². The molecule has 166 valence electrons. The number of anilines is 1. The fourth-order valence-corrected chi connectivity index (χ4v) is 3.36. The first kappa shape index (κ1) is 22.5. The fourth-order valence-electron chi connectivity index (χ4n) is 3.24. The van der Waals surface area contributed by atoms with Crippen LogP contribution in [0.25, 0.3) is 23.0 Å². The van der Waals surface area contributed by atoms with Gasteiger partial charge in [-0.25, -0.2) is 4.68 Å². The van der Waals surface area contributed by atoms with Crippen LogP contribution >= 0.6 is 11.6 Å². The third-order valence-electron chi connectivity index (χ3n) is 4.86. The van der Waals surface area contributed by atoms with E-state index in [-0.39, 0.29) is 16.9 Å². The number of nitrogens with one attached hydrogen (secondary N) is 1. The second-order valence-corrected chi connectivity index (χ2v) is 7.59. The lowest BCUT2D eigenvalue weighted by Gasteiger charge is -2.04. The molecule has 3 aromatic carbocycles. The summed E-state index contributed by atoms with van der Waals surface area (Å²) in [5.74, 6) is -0.697. The van der Waals surface area contributed by atoms with E-state index in [1.807, 2.05) is 36.4 Å². The molecule has 4 rings (SSSR count). The van der Waals surface area contributed by atoms with Crippen molar-refractivity contribution in [2.75, 3.05) is 5.32 Å². The lowest BCUT2D eigenvalue weighted by molar-refractivity contribution is -0.384. The van der Waals surface area contributed by atoms with Crippen LogP contribution in [0.1, 0.15) is 5.56 Å². The number of carbonyl (C=O) groups is 1. The number of rotatable bonds is 6. The van der Waals surface area contributed by atoms with Crippen molar-refractivity contribution in [2.24, 2.45) is 0 Å². The molecule has 0 fully saturated rings. The van der Waals surface area contributed by atoms with E-state index >= 15 is 0 Å². The maximum absolute atomic E-state index is 12.8. The van der Waals surface area contributed by atoms with Crippen LogP contribution in [0.5, 0.6) is 0 Å². The molecule has 0 bridgehead atoms. The number of carbonyl (C=O) groups excluding carboxylic acids is 1. The minimum absolute atomic E-state index is 0.172. The van der Waals surface area contributed by atoms with Crippen LogP contribution in [0.15, 0.2) is 90.6 Å². The Morgan fingerprint density at radius 2 is 1.82 bits per heavy atom. The number of para-hydroxylation sites is 1. The Bertz CT molecular complexity index is 1440. The molecule has 34 heavy (non-hydrogen) atoms. The summed E-state index contributed by atoms with van der Waals surface area (Å²) in [6.07, 6.45) is 3.15. The standard InChI is InChI=1S/C25H16ClN5O3/c26-20-11-9-17(10-12-20)24-19(16-30(29-24)22-6-2-1-3-7-22)13-18(15-27)25(32)28-21-5-4-8-23(14-21)31(33)34/h1-14,16H,(H,28,32)/b18-13+. The van der Waals surface area contributed by atoms with E-state index in [1.54, 1.807) is 35.1 Å². The molecular weight excluding hydrogens is 454 g/mol. The van der Waals surface area contributed by atoms with Gasteiger partial charge in [-0.05, 0) is 36.4 Å². The van der Waals surface area contributed by atoms with Crippen molar-refractivity contribution in [1.82, 2.24) is 9.78 Å². The first-order chi connectivity index (χ1) is 16.4. The number of nitriles is 1. The molecule has 1 amide bonds. The van der Waals surface area contributed by atoms with E-state index in [0.29, 0.717) is 16.3 Å². The van der Waals surface area contributed by atoms with Crippen LogP contribution in [0.2, 0.25) is 5.02 Å². The van der Waals surface area contributed by atoms with Gasteiger partial charge in [0.15, 0.2) is 0 Å². The highest BCUT2D eigenvalue weighted by Gasteiger charge is 2.16. The van der Waals surface area contributed by atoms with Gasteiger partial charge in [-0.1, -0.05) is 48.0 Å². The van der Waals surface area contributed by atoms with Crippen molar-refractivity contribution >= 4 is 35.0 Å². The molecule has 0 aliphatic heterocycles. The van der Waals surface area contributed by atoms with Crippen molar-refractivity contribution in [3.05, 3.63) is 111 Å². The molecule has 0 radical (unpaired) electrons. The number of amides is 1. The molecule has 0 atom stereocenters. The van der Waals surface area contributed by atoms with E-state index in [4.69, 9.17) is 11.6 Å². The van der Waals surface area contributed by atoms with Crippen molar-refractivity contribution in [3.63, 3.8) is 0 Å².